The lowest BCUT2D eigenvalue weighted by molar-refractivity contribution is -0.140. The first kappa shape index (κ1) is 17.1. The molecule has 0 amide bonds. The predicted molar refractivity (Wildman–Crippen MR) is 81.9 cm³/mol. The van der Waals surface area contributed by atoms with Gasteiger partial charge in [-0.15, -0.1) is 5.10 Å². The molecule has 132 valence electrons. The number of hydrogen-bond donors (Lipinski definition) is 0. The lowest BCUT2D eigenvalue weighted by Gasteiger charge is -2.15. The van der Waals surface area contributed by atoms with Crippen molar-refractivity contribution in [3.8, 4) is 5.95 Å². The average Bonchev–Trinajstić information content (AvgIpc) is 3.21. The fourth-order valence-corrected chi connectivity index (χ4v) is 2.44. The zero-order valence-electron chi connectivity index (χ0n) is 13.4. The second-order valence-corrected chi connectivity index (χ2v) is 5.58. The minimum Gasteiger partial charge on any atom is -0.272 e. The van der Waals surface area contributed by atoms with E-state index >= 15 is 0 Å². The van der Waals surface area contributed by atoms with Crippen molar-refractivity contribution in [1.29, 1.82) is 0 Å². The molecule has 0 fully saturated rings. The van der Waals surface area contributed by atoms with Gasteiger partial charge in [-0.1, -0.05) is 30.3 Å². The molecule has 9 heteroatoms. The van der Waals surface area contributed by atoms with E-state index in [2.05, 4.69) is 15.1 Å². The van der Waals surface area contributed by atoms with E-state index in [1.165, 1.54) is 11.6 Å². The van der Waals surface area contributed by atoms with Crippen molar-refractivity contribution in [2.45, 2.75) is 32.2 Å². The molecule has 0 radical (unpaired) electrons. The minimum atomic E-state index is -4.57. The first-order chi connectivity index (χ1) is 11.8. The van der Waals surface area contributed by atoms with Crippen molar-refractivity contribution in [3.05, 3.63) is 59.9 Å². The summed E-state index contributed by atoms with van der Waals surface area (Å²) in [7, 11) is 0. The summed E-state index contributed by atoms with van der Waals surface area (Å²) in [4.78, 5) is 7.36. The van der Waals surface area contributed by atoms with Gasteiger partial charge in [0.15, 0.2) is 17.7 Å². The van der Waals surface area contributed by atoms with Crippen LogP contribution in [0.3, 0.4) is 0 Å². The van der Waals surface area contributed by atoms with Crippen LogP contribution in [-0.4, -0.2) is 24.3 Å². The Balaban J connectivity index is 2.02. The molecule has 2 heterocycles. The van der Waals surface area contributed by atoms with Crippen molar-refractivity contribution in [1.82, 2.24) is 24.3 Å². The van der Waals surface area contributed by atoms with Gasteiger partial charge >= 0.3 is 6.18 Å². The molecule has 1 aromatic carbocycles. The second kappa shape index (κ2) is 6.30. The molecule has 2 aromatic heterocycles. The van der Waals surface area contributed by atoms with E-state index in [4.69, 9.17) is 0 Å². The third-order valence-electron chi connectivity index (χ3n) is 3.76. The summed E-state index contributed by atoms with van der Waals surface area (Å²) in [5.74, 6) is -0.0288. The number of alkyl halides is 4. The number of aromatic nitrogens is 5. The molecule has 0 saturated heterocycles. The molecular formula is C16H15F4N5. The largest absolute Gasteiger partial charge is 0.434 e. The predicted octanol–water partition coefficient (Wildman–Crippen LogP) is 4.12. The van der Waals surface area contributed by atoms with Gasteiger partial charge in [-0.3, -0.25) is 4.57 Å². The van der Waals surface area contributed by atoms with E-state index in [9.17, 15) is 17.6 Å². The highest BCUT2D eigenvalue weighted by Crippen LogP contribution is 2.28. The summed E-state index contributed by atoms with van der Waals surface area (Å²) in [6.07, 6.45) is -4.26. The maximum Gasteiger partial charge on any atom is 0.434 e. The van der Waals surface area contributed by atoms with Crippen LogP contribution in [0.5, 0.6) is 0 Å². The maximum atomic E-state index is 14.0. The first-order valence-electron chi connectivity index (χ1n) is 7.54. The smallest absolute Gasteiger partial charge is 0.272 e. The molecule has 3 aromatic rings. The fourth-order valence-electron chi connectivity index (χ4n) is 2.44. The van der Waals surface area contributed by atoms with Crippen molar-refractivity contribution < 1.29 is 17.6 Å². The second-order valence-electron chi connectivity index (χ2n) is 5.58. The molecule has 0 unspecified atom stereocenters. The lowest BCUT2D eigenvalue weighted by atomic mass is 10.1. The molecule has 0 saturated carbocycles. The third kappa shape index (κ3) is 3.40. The average molecular weight is 353 g/mol. The number of benzene rings is 1. The van der Waals surface area contributed by atoms with Crippen LogP contribution in [-0.2, 0) is 6.18 Å². The maximum absolute atomic E-state index is 14.0. The number of halogens is 4. The monoisotopic (exact) mass is 353 g/mol. The van der Waals surface area contributed by atoms with Gasteiger partial charge in [-0.25, -0.2) is 14.1 Å². The van der Waals surface area contributed by atoms with Crippen LogP contribution in [0.1, 0.15) is 43.1 Å². The van der Waals surface area contributed by atoms with Crippen molar-refractivity contribution in [2.24, 2.45) is 0 Å². The number of nitrogens with zero attached hydrogens (tertiary/aromatic N) is 5. The molecule has 0 aliphatic rings. The van der Waals surface area contributed by atoms with E-state index in [1.807, 2.05) is 37.3 Å². The number of imidazole rings is 1. The van der Waals surface area contributed by atoms with Crippen LogP contribution in [0, 0.1) is 0 Å². The van der Waals surface area contributed by atoms with Gasteiger partial charge in [0.25, 0.3) is 5.95 Å². The molecule has 2 atom stereocenters. The molecule has 0 bridgehead atoms. The van der Waals surface area contributed by atoms with Crippen molar-refractivity contribution in [3.63, 3.8) is 0 Å². The molecule has 0 N–H and O–H groups in total. The highest BCUT2D eigenvalue weighted by molar-refractivity contribution is 5.22. The summed E-state index contributed by atoms with van der Waals surface area (Å²) in [5.41, 5.74) is -0.183. The van der Waals surface area contributed by atoms with Crippen LogP contribution < -0.4 is 0 Å². The van der Waals surface area contributed by atoms with Crippen LogP contribution in [0.25, 0.3) is 5.95 Å². The highest BCUT2D eigenvalue weighted by Gasteiger charge is 2.34. The Labute approximate surface area is 140 Å². The fraction of sp³-hybridized carbons (Fsp3) is 0.312. The van der Waals surface area contributed by atoms with E-state index in [0.29, 0.717) is 0 Å². The number of rotatable bonds is 4. The van der Waals surface area contributed by atoms with Crippen LogP contribution >= 0.6 is 0 Å². The topological polar surface area (TPSA) is 48.5 Å². The Kier molecular flexibility index (Phi) is 4.32. The van der Waals surface area contributed by atoms with Gasteiger partial charge < -0.3 is 0 Å². The summed E-state index contributed by atoms with van der Waals surface area (Å²) in [6.45, 7) is 3.12. The van der Waals surface area contributed by atoms with E-state index in [0.717, 1.165) is 22.7 Å². The summed E-state index contributed by atoms with van der Waals surface area (Å²) < 4.78 is 54.5. The van der Waals surface area contributed by atoms with E-state index < -0.39 is 18.0 Å². The zero-order valence-corrected chi connectivity index (χ0v) is 13.4. The summed E-state index contributed by atoms with van der Waals surface area (Å²) in [6, 6.07) is 8.92. The Hall–Kier alpha value is -2.71. The zero-order chi connectivity index (χ0) is 18.2. The van der Waals surface area contributed by atoms with E-state index in [-0.39, 0.29) is 17.8 Å². The van der Waals surface area contributed by atoms with Crippen molar-refractivity contribution >= 4 is 0 Å². The highest BCUT2D eigenvalue weighted by atomic mass is 19.4. The normalized spacial score (nSPS) is 14.5. The quantitative estimate of drug-likeness (QED) is 0.663. The Bertz CT molecular complexity index is 851. The Morgan fingerprint density at radius 3 is 2.32 bits per heavy atom. The SMILES string of the molecule is C[C@H](F)c1nc(-n2cnc(C(F)(F)F)c2)nn1[C@@H](C)c1ccccc1. The summed E-state index contributed by atoms with van der Waals surface area (Å²) in [5, 5.41) is 4.19. The van der Waals surface area contributed by atoms with Gasteiger partial charge in [-0.2, -0.15) is 18.2 Å². The first-order valence-corrected chi connectivity index (χ1v) is 7.54. The van der Waals surface area contributed by atoms with Gasteiger partial charge in [0, 0.05) is 6.20 Å². The number of hydrogen-bond acceptors (Lipinski definition) is 3. The third-order valence-corrected chi connectivity index (χ3v) is 3.76. The Morgan fingerprint density at radius 2 is 1.76 bits per heavy atom. The molecule has 5 nitrogen and oxygen atoms in total. The minimum absolute atomic E-state index is 0.0358. The lowest BCUT2D eigenvalue weighted by Crippen LogP contribution is -2.13. The van der Waals surface area contributed by atoms with Crippen LogP contribution in [0.2, 0.25) is 0 Å². The van der Waals surface area contributed by atoms with Gasteiger partial charge in [0.05, 0.1) is 6.04 Å². The summed E-state index contributed by atoms with van der Waals surface area (Å²) >= 11 is 0. The van der Waals surface area contributed by atoms with Crippen LogP contribution in [0.4, 0.5) is 17.6 Å². The molecule has 0 aliphatic carbocycles. The van der Waals surface area contributed by atoms with Crippen molar-refractivity contribution in [2.75, 3.05) is 0 Å². The molecule has 0 aliphatic heterocycles. The van der Waals surface area contributed by atoms with Gasteiger partial charge in [0.1, 0.15) is 6.33 Å². The molecule has 25 heavy (non-hydrogen) atoms. The van der Waals surface area contributed by atoms with Gasteiger partial charge in [-0.05, 0) is 19.4 Å². The molecule has 0 spiro atoms. The molecule has 3 rings (SSSR count). The van der Waals surface area contributed by atoms with Gasteiger partial charge in [0.2, 0.25) is 0 Å². The van der Waals surface area contributed by atoms with E-state index in [1.54, 1.807) is 0 Å². The van der Waals surface area contributed by atoms with Crippen LogP contribution in [0.15, 0.2) is 42.9 Å². The standard InChI is InChI=1S/C16H15F4N5/c1-10(17)14-22-15(24-8-13(21-9-24)16(18,19)20)23-25(14)11(2)12-6-4-3-5-7-12/h3-11H,1-2H3/t10-,11-/m0/s1. The Morgan fingerprint density at radius 1 is 1.08 bits per heavy atom. The molecular weight excluding hydrogens is 338 g/mol.